The third-order valence-corrected chi connectivity index (χ3v) is 3.93. The summed E-state index contributed by atoms with van der Waals surface area (Å²) in [6.45, 7) is 5.48. The lowest BCUT2D eigenvalue weighted by Crippen LogP contribution is -2.17. The van der Waals surface area contributed by atoms with Crippen molar-refractivity contribution in [3.05, 3.63) is 60.7 Å². The molecular weight excluding hydrogens is 322 g/mol. The molecule has 0 spiro atoms. The average molecular weight is 346 g/mol. The van der Waals surface area contributed by atoms with Gasteiger partial charge in [0.2, 0.25) is 0 Å². The first-order chi connectivity index (χ1) is 11.4. The molecule has 0 aliphatic rings. The average Bonchev–Trinajstić information content (AvgIpc) is 3.09. The Labute approximate surface area is 149 Å². The minimum atomic E-state index is 0. The van der Waals surface area contributed by atoms with Gasteiger partial charge in [-0.1, -0.05) is 30.3 Å². The standard InChI is InChI=1S/C19H23N3O.ClH/c1-2-23-19-9-8-16-6-3-4-7-17(16)18(19)14-20-10-5-12-22-13-11-21-15-22;/h3-4,6-9,11,13,15,20H,2,5,10,12,14H2,1H3;1H. The van der Waals surface area contributed by atoms with Crippen molar-refractivity contribution < 1.29 is 4.74 Å². The molecule has 0 atom stereocenters. The minimum absolute atomic E-state index is 0. The number of imidazole rings is 1. The third kappa shape index (κ3) is 4.49. The number of hydrogen-bond donors (Lipinski definition) is 1. The van der Waals surface area contributed by atoms with Gasteiger partial charge in [-0.15, -0.1) is 12.4 Å². The molecule has 24 heavy (non-hydrogen) atoms. The molecule has 1 aromatic heterocycles. The second-order valence-corrected chi connectivity index (χ2v) is 5.53. The Bertz CT molecular complexity index is 743. The summed E-state index contributed by atoms with van der Waals surface area (Å²) < 4.78 is 7.91. The minimum Gasteiger partial charge on any atom is -0.494 e. The molecule has 0 aliphatic heterocycles. The van der Waals surface area contributed by atoms with Crippen molar-refractivity contribution in [1.82, 2.24) is 14.9 Å². The van der Waals surface area contributed by atoms with Crippen LogP contribution in [0.1, 0.15) is 18.9 Å². The van der Waals surface area contributed by atoms with Gasteiger partial charge in [0.05, 0.1) is 12.9 Å². The van der Waals surface area contributed by atoms with E-state index in [1.54, 1.807) is 0 Å². The first-order valence-electron chi connectivity index (χ1n) is 8.18. The summed E-state index contributed by atoms with van der Waals surface area (Å²) in [5.41, 5.74) is 1.24. The predicted octanol–water partition coefficient (Wildman–Crippen LogP) is 4.04. The molecular formula is C19H24ClN3O. The summed E-state index contributed by atoms with van der Waals surface area (Å²) in [7, 11) is 0. The highest BCUT2D eigenvalue weighted by atomic mass is 35.5. The van der Waals surface area contributed by atoms with Gasteiger partial charge in [0.25, 0.3) is 0 Å². The van der Waals surface area contributed by atoms with Crippen LogP contribution < -0.4 is 10.1 Å². The van der Waals surface area contributed by atoms with Crippen molar-refractivity contribution >= 4 is 23.2 Å². The Hall–Kier alpha value is -2.04. The van der Waals surface area contributed by atoms with Crippen LogP contribution in [0.3, 0.4) is 0 Å². The zero-order chi connectivity index (χ0) is 15.9. The Morgan fingerprint density at radius 3 is 2.83 bits per heavy atom. The molecule has 1 heterocycles. The fraction of sp³-hybridized carbons (Fsp3) is 0.316. The molecule has 0 amide bonds. The fourth-order valence-corrected chi connectivity index (χ4v) is 2.81. The molecule has 0 unspecified atom stereocenters. The predicted molar refractivity (Wildman–Crippen MR) is 101 cm³/mol. The van der Waals surface area contributed by atoms with Gasteiger partial charge < -0.3 is 14.6 Å². The van der Waals surface area contributed by atoms with Crippen molar-refractivity contribution in [3.8, 4) is 5.75 Å². The van der Waals surface area contributed by atoms with Crippen molar-refractivity contribution in [2.75, 3.05) is 13.2 Å². The van der Waals surface area contributed by atoms with Crippen LogP contribution in [0.2, 0.25) is 0 Å². The molecule has 2 aromatic carbocycles. The Morgan fingerprint density at radius 1 is 1.17 bits per heavy atom. The van der Waals surface area contributed by atoms with Crippen molar-refractivity contribution in [3.63, 3.8) is 0 Å². The van der Waals surface area contributed by atoms with E-state index in [0.717, 1.165) is 31.8 Å². The molecule has 128 valence electrons. The number of aryl methyl sites for hydroxylation is 1. The molecule has 0 saturated heterocycles. The summed E-state index contributed by atoms with van der Waals surface area (Å²) in [5, 5.41) is 6.06. The Balaban J connectivity index is 0.00000208. The number of fused-ring (bicyclic) bond motifs is 1. The van der Waals surface area contributed by atoms with E-state index in [9.17, 15) is 0 Å². The maximum Gasteiger partial charge on any atom is 0.124 e. The summed E-state index contributed by atoms with van der Waals surface area (Å²) in [6, 6.07) is 12.7. The zero-order valence-electron chi connectivity index (χ0n) is 13.9. The van der Waals surface area contributed by atoms with Gasteiger partial charge in [-0.25, -0.2) is 4.98 Å². The van der Waals surface area contributed by atoms with Gasteiger partial charge in [-0.05, 0) is 36.7 Å². The van der Waals surface area contributed by atoms with Gasteiger partial charge in [0.15, 0.2) is 0 Å². The van der Waals surface area contributed by atoms with Crippen molar-refractivity contribution in [2.45, 2.75) is 26.4 Å². The van der Waals surface area contributed by atoms with Crippen LogP contribution in [-0.2, 0) is 13.1 Å². The van der Waals surface area contributed by atoms with Crippen LogP contribution in [0.5, 0.6) is 5.75 Å². The smallest absolute Gasteiger partial charge is 0.124 e. The monoisotopic (exact) mass is 345 g/mol. The third-order valence-electron chi connectivity index (χ3n) is 3.93. The number of hydrogen-bond acceptors (Lipinski definition) is 3. The largest absolute Gasteiger partial charge is 0.494 e. The highest BCUT2D eigenvalue weighted by Gasteiger charge is 2.08. The lowest BCUT2D eigenvalue weighted by molar-refractivity contribution is 0.336. The second-order valence-electron chi connectivity index (χ2n) is 5.53. The van der Waals surface area contributed by atoms with Gasteiger partial charge in [-0.2, -0.15) is 0 Å². The summed E-state index contributed by atoms with van der Waals surface area (Å²) in [4.78, 5) is 4.06. The van der Waals surface area contributed by atoms with E-state index >= 15 is 0 Å². The van der Waals surface area contributed by atoms with E-state index in [1.165, 1.54) is 16.3 Å². The van der Waals surface area contributed by atoms with Crippen molar-refractivity contribution in [2.24, 2.45) is 0 Å². The molecule has 0 bridgehead atoms. The van der Waals surface area contributed by atoms with Crippen LogP contribution >= 0.6 is 12.4 Å². The maximum absolute atomic E-state index is 5.81. The molecule has 3 rings (SSSR count). The first kappa shape index (κ1) is 18.3. The molecule has 0 radical (unpaired) electrons. The summed E-state index contributed by atoms with van der Waals surface area (Å²) >= 11 is 0. The van der Waals surface area contributed by atoms with Gasteiger partial charge >= 0.3 is 0 Å². The summed E-state index contributed by atoms with van der Waals surface area (Å²) in [5.74, 6) is 0.980. The van der Waals surface area contributed by atoms with Crippen LogP contribution in [0.15, 0.2) is 55.1 Å². The quantitative estimate of drug-likeness (QED) is 0.626. The highest BCUT2D eigenvalue weighted by Crippen LogP contribution is 2.28. The Kier molecular flexibility index (Phi) is 7.09. The van der Waals surface area contributed by atoms with Crippen LogP contribution in [-0.4, -0.2) is 22.7 Å². The number of nitrogens with zero attached hydrogens (tertiary/aromatic N) is 2. The van der Waals surface area contributed by atoms with E-state index in [-0.39, 0.29) is 12.4 Å². The van der Waals surface area contributed by atoms with E-state index in [1.807, 2.05) is 25.6 Å². The Morgan fingerprint density at radius 2 is 2.04 bits per heavy atom. The maximum atomic E-state index is 5.81. The van der Waals surface area contributed by atoms with Crippen LogP contribution in [0.4, 0.5) is 0 Å². The fourth-order valence-electron chi connectivity index (χ4n) is 2.81. The number of aromatic nitrogens is 2. The molecule has 0 saturated carbocycles. The number of ether oxygens (including phenoxy) is 1. The normalized spacial score (nSPS) is 10.5. The number of rotatable bonds is 8. The molecule has 0 fully saturated rings. The number of halogens is 1. The summed E-state index contributed by atoms with van der Waals surface area (Å²) in [6.07, 6.45) is 6.75. The topological polar surface area (TPSA) is 39.1 Å². The molecule has 0 aliphatic carbocycles. The van der Waals surface area contributed by atoms with E-state index in [4.69, 9.17) is 4.74 Å². The van der Waals surface area contributed by atoms with Gasteiger partial charge in [0.1, 0.15) is 5.75 Å². The molecule has 4 nitrogen and oxygen atoms in total. The van der Waals surface area contributed by atoms with Gasteiger partial charge in [0, 0.05) is 31.0 Å². The second kappa shape index (κ2) is 9.30. The highest BCUT2D eigenvalue weighted by molar-refractivity contribution is 5.87. The first-order valence-corrected chi connectivity index (χ1v) is 8.18. The van der Waals surface area contributed by atoms with Crippen molar-refractivity contribution in [1.29, 1.82) is 0 Å². The van der Waals surface area contributed by atoms with E-state index in [0.29, 0.717) is 6.61 Å². The zero-order valence-corrected chi connectivity index (χ0v) is 14.8. The number of nitrogens with one attached hydrogen (secondary N) is 1. The van der Waals surface area contributed by atoms with Gasteiger partial charge in [-0.3, -0.25) is 0 Å². The SMILES string of the molecule is CCOc1ccc2ccccc2c1CNCCCn1ccnc1.Cl. The lowest BCUT2D eigenvalue weighted by atomic mass is 10.0. The molecule has 1 N–H and O–H groups in total. The van der Waals surface area contributed by atoms with Crippen LogP contribution in [0, 0.1) is 0 Å². The molecule has 3 aromatic rings. The van der Waals surface area contributed by atoms with Crippen LogP contribution in [0.25, 0.3) is 10.8 Å². The molecule has 5 heteroatoms. The lowest BCUT2D eigenvalue weighted by Gasteiger charge is -2.14. The number of benzene rings is 2. The van der Waals surface area contributed by atoms with E-state index in [2.05, 4.69) is 51.3 Å². The van der Waals surface area contributed by atoms with E-state index < -0.39 is 0 Å².